The van der Waals surface area contributed by atoms with Gasteiger partial charge in [0.2, 0.25) is 0 Å². The van der Waals surface area contributed by atoms with E-state index in [1.165, 1.54) is 0 Å². The third kappa shape index (κ3) is 4.68. The number of hydrogen-bond acceptors (Lipinski definition) is 5. The van der Waals surface area contributed by atoms with Crippen LogP contribution in [0.1, 0.15) is 67.2 Å². The molecule has 0 unspecified atom stereocenters. The van der Waals surface area contributed by atoms with Crippen molar-refractivity contribution >= 4 is 39.3 Å². The Balaban J connectivity index is 1.45. The van der Waals surface area contributed by atoms with Crippen LogP contribution in [0.4, 0.5) is 0 Å². The number of rotatable bonds is 9. The number of carbonyl (C=O) groups excluding carboxylic acids is 3. The number of esters is 1. The zero-order valence-corrected chi connectivity index (χ0v) is 19.9. The molecular weight excluding hydrogens is 430 g/mol. The molecule has 3 aromatic rings. The second kappa shape index (κ2) is 9.94. The highest BCUT2D eigenvalue weighted by molar-refractivity contribution is 6.23. The lowest BCUT2D eigenvalue weighted by molar-refractivity contribution is -0.147. The van der Waals surface area contributed by atoms with Gasteiger partial charge in [-0.15, -0.1) is 0 Å². The molecule has 178 valence electrons. The topological polar surface area (TPSA) is 83.9 Å². The van der Waals surface area contributed by atoms with Crippen molar-refractivity contribution in [3.8, 4) is 0 Å². The predicted molar refractivity (Wildman–Crippen MR) is 132 cm³/mol. The van der Waals surface area contributed by atoms with Gasteiger partial charge in [-0.05, 0) is 65.1 Å². The number of imide groups is 1. The highest BCUT2D eigenvalue weighted by Gasteiger charge is 2.39. The van der Waals surface area contributed by atoms with Gasteiger partial charge in [-0.2, -0.15) is 0 Å². The molecule has 6 nitrogen and oxygen atoms in total. The van der Waals surface area contributed by atoms with Gasteiger partial charge in [-0.1, -0.05) is 51.0 Å². The van der Waals surface area contributed by atoms with Crippen LogP contribution in [0.5, 0.6) is 0 Å². The molecule has 3 aromatic carbocycles. The minimum atomic E-state index is -0.767. The average Bonchev–Trinajstić information content (AvgIpc) is 3.07. The van der Waals surface area contributed by atoms with E-state index in [9.17, 15) is 19.5 Å². The van der Waals surface area contributed by atoms with Gasteiger partial charge in [0.25, 0.3) is 11.8 Å². The van der Waals surface area contributed by atoms with Gasteiger partial charge in [0, 0.05) is 0 Å². The Labute approximate surface area is 199 Å². The van der Waals surface area contributed by atoms with Crippen LogP contribution in [0.2, 0.25) is 0 Å². The van der Waals surface area contributed by atoms with E-state index in [2.05, 4.69) is 6.92 Å². The van der Waals surface area contributed by atoms with E-state index in [0.717, 1.165) is 45.7 Å². The minimum Gasteiger partial charge on any atom is -0.463 e. The van der Waals surface area contributed by atoms with E-state index in [1.54, 1.807) is 19.1 Å². The molecule has 0 saturated heterocycles. The third-order valence-corrected chi connectivity index (χ3v) is 6.71. The second-order valence-corrected chi connectivity index (χ2v) is 9.35. The van der Waals surface area contributed by atoms with Crippen LogP contribution in [0, 0.1) is 5.92 Å². The largest absolute Gasteiger partial charge is 0.463 e. The summed E-state index contributed by atoms with van der Waals surface area (Å²) in [6.07, 6.45) is 2.01. The molecule has 3 atom stereocenters. The Hall–Kier alpha value is -3.25. The normalized spacial score (nSPS) is 16.1. The summed E-state index contributed by atoms with van der Waals surface area (Å²) in [6.45, 7) is 5.58. The molecule has 1 N–H and O–H groups in total. The summed E-state index contributed by atoms with van der Waals surface area (Å²) in [4.78, 5) is 39.6. The average molecular weight is 462 g/mol. The highest BCUT2D eigenvalue weighted by atomic mass is 16.5. The van der Waals surface area contributed by atoms with Crippen molar-refractivity contribution in [2.24, 2.45) is 5.92 Å². The van der Waals surface area contributed by atoms with Crippen molar-refractivity contribution in [2.45, 2.75) is 58.6 Å². The maximum Gasteiger partial charge on any atom is 0.308 e. The number of aliphatic hydroxyl groups excluding tert-OH is 1. The van der Waals surface area contributed by atoms with E-state index in [-0.39, 0.29) is 30.8 Å². The molecule has 1 aliphatic heterocycles. The molecule has 2 amide bonds. The number of aliphatic hydroxyl groups is 1. The van der Waals surface area contributed by atoms with Crippen molar-refractivity contribution in [3.05, 3.63) is 59.7 Å². The van der Waals surface area contributed by atoms with Gasteiger partial charge >= 0.3 is 5.97 Å². The smallest absolute Gasteiger partial charge is 0.308 e. The van der Waals surface area contributed by atoms with Crippen LogP contribution < -0.4 is 0 Å². The molecule has 0 aromatic heterocycles. The van der Waals surface area contributed by atoms with Gasteiger partial charge < -0.3 is 9.84 Å². The molecule has 0 radical (unpaired) electrons. The number of hydrogen-bond donors (Lipinski definition) is 1. The van der Waals surface area contributed by atoms with Crippen molar-refractivity contribution in [1.82, 2.24) is 4.90 Å². The van der Waals surface area contributed by atoms with Crippen molar-refractivity contribution in [2.75, 3.05) is 6.61 Å². The Morgan fingerprint density at radius 3 is 2.03 bits per heavy atom. The second-order valence-electron chi connectivity index (χ2n) is 9.35. The van der Waals surface area contributed by atoms with Crippen LogP contribution in [0.15, 0.2) is 48.5 Å². The number of carbonyl (C=O) groups is 3. The summed E-state index contributed by atoms with van der Waals surface area (Å²) in [7, 11) is 0. The van der Waals surface area contributed by atoms with E-state index in [4.69, 9.17) is 4.74 Å². The zero-order chi connectivity index (χ0) is 24.4. The lowest BCUT2D eigenvalue weighted by Gasteiger charge is -2.23. The number of benzene rings is 3. The van der Waals surface area contributed by atoms with Gasteiger partial charge in [-0.25, -0.2) is 0 Å². The molecule has 0 bridgehead atoms. The Kier molecular flexibility index (Phi) is 6.98. The Morgan fingerprint density at radius 1 is 0.941 bits per heavy atom. The van der Waals surface area contributed by atoms with Crippen molar-refractivity contribution in [3.63, 3.8) is 0 Å². The SMILES string of the molecule is CCCC[C@H](C)[C@@H](O)CC(=O)OC[C@H](C)N1C(=O)c2cc3cc4ccccc4cc3cc2C1=O. The van der Waals surface area contributed by atoms with Crippen LogP contribution in [0.25, 0.3) is 21.5 Å². The fourth-order valence-corrected chi connectivity index (χ4v) is 4.54. The first-order valence-electron chi connectivity index (χ1n) is 12.0. The lowest BCUT2D eigenvalue weighted by Crippen LogP contribution is -2.41. The molecule has 0 fully saturated rings. The number of amides is 2. The van der Waals surface area contributed by atoms with Crippen LogP contribution >= 0.6 is 0 Å². The number of unbranched alkanes of at least 4 members (excludes halogenated alkanes) is 1. The monoisotopic (exact) mass is 461 g/mol. The van der Waals surface area contributed by atoms with E-state index in [0.29, 0.717) is 11.1 Å². The molecule has 1 heterocycles. The first-order valence-corrected chi connectivity index (χ1v) is 12.0. The maximum absolute atomic E-state index is 13.1. The van der Waals surface area contributed by atoms with E-state index < -0.39 is 18.1 Å². The van der Waals surface area contributed by atoms with E-state index >= 15 is 0 Å². The molecule has 0 aliphatic carbocycles. The minimum absolute atomic E-state index is 0.00643. The van der Waals surface area contributed by atoms with Gasteiger partial charge in [-0.3, -0.25) is 19.3 Å². The van der Waals surface area contributed by atoms with Gasteiger partial charge in [0.15, 0.2) is 0 Å². The number of ether oxygens (including phenoxy) is 1. The standard InChI is InChI=1S/C28H31NO5/c1-4-5-8-17(2)25(30)15-26(31)34-16-18(3)29-27(32)23-13-21-11-19-9-6-7-10-20(19)12-22(21)14-24(23)28(29)33/h6-7,9-14,17-18,25,30H,4-5,8,15-16H2,1-3H3/t17-,18-,25-/m0/s1. The Morgan fingerprint density at radius 2 is 1.50 bits per heavy atom. The molecule has 1 aliphatic rings. The highest BCUT2D eigenvalue weighted by Crippen LogP contribution is 2.31. The first-order chi connectivity index (χ1) is 16.3. The molecule has 4 rings (SSSR count). The quantitative estimate of drug-likeness (QED) is 0.272. The lowest BCUT2D eigenvalue weighted by atomic mass is 9.96. The summed E-state index contributed by atoms with van der Waals surface area (Å²) in [6, 6.07) is 14.9. The molecular formula is C28H31NO5. The fraction of sp³-hybridized carbons (Fsp3) is 0.393. The van der Waals surface area contributed by atoms with E-state index in [1.807, 2.05) is 43.3 Å². The van der Waals surface area contributed by atoms with Gasteiger partial charge in [0.1, 0.15) is 6.61 Å². The summed E-state index contributed by atoms with van der Waals surface area (Å²) in [5.74, 6) is -1.29. The van der Waals surface area contributed by atoms with Gasteiger partial charge in [0.05, 0.1) is 29.7 Å². The van der Waals surface area contributed by atoms with Crippen molar-refractivity contribution < 1.29 is 24.2 Å². The van der Waals surface area contributed by atoms with Crippen LogP contribution in [-0.4, -0.2) is 46.5 Å². The summed E-state index contributed by atoms with van der Waals surface area (Å²) in [5.41, 5.74) is 0.734. The summed E-state index contributed by atoms with van der Waals surface area (Å²) in [5, 5.41) is 14.2. The van der Waals surface area contributed by atoms with Crippen molar-refractivity contribution in [1.29, 1.82) is 0 Å². The number of nitrogens with zero attached hydrogens (tertiary/aromatic N) is 1. The summed E-state index contributed by atoms with van der Waals surface area (Å²) >= 11 is 0. The fourth-order valence-electron chi connectivity index (χ4n) is 4.54. The molecule has 34 heavy (non-hydrogen) atoms. The summed E-state index contributed by atoms with van der Waals surface area (Å²) < 4.78 is 5.32. The van der Waals surface area contributed by atoms with Crippen LogP contribution in [0.3, 0.4) is 0 Å². The molecule has 0 saturated carbocycles. The zero-order valence-electron chi connectivity index (χ0n) is 19.9. The van der Waals surface area contributed by atoms with Crippen LogP contribution in [-0.2, 0) is 9.53 Å². The maximum atomic E-state index is 13.1. The Bertz CT molecular complexity index is 1180. The molecule has 0 spiro atoms. The first kappa shape index (κ1) is 23.9. The number of fused-ring (bicyclic) bond motifs is 3. The predicted octanol–water partition coefficient (Wildman–Crippen LogP) is 5.10. The molecule has 6 heteroatoms. The third-order valence-electron chi connectivity index (χ3n) is 6.71.